The summed E-state index contributed by atoms with van der Waals surface area (Å²) < 4.78 is 0. The van der Waals surface area contributed by atoms with Crippen molar-refractivity contribution in [1.82, 2.24) is 4.98 Å². The third-order valence-corrected chi connectivity index (χ3v) is 3.69. The van der Waals surface area contributed by atoms with Crippen LogP contribution in [0.15, 0.2) is 18.3 Å². The number of piperidine rings is 1. The molecule has 3 heteroatoms. The summed E-state index contributed by atoms with van der Waals surface area (Å²) in [5.41, 5.74) is 1.30. The van der Waals surface area contributed by atoms with E-state index in [4.69, 9.17) is 0 Å². The van der Waals surface area contributed by atoms with Gasteiger partial charge in [-0.3, -0.25) is 0 Å². The number of anilines is 1. The summed E-state index contributed by atoms with van der Waals surface area (Å²) in [6.07, 6.45) is 5.83. The molecule has 0 aromatic carbocycles. The zero-order valence-corrected chi connectivity index (χ0v) is 10.7. The molecule has 2 rings (SSSR count). The van der Waals surface area contributed by atoms with E-state index in [-0.39, 0.29) is 0 Å². The summed E-state index contributed by atoms with van der Waals surface area (Å²) in [6.45, 7) is 3.45. The second-order valence-corrected chi connectivity index (χ2v) is 4.72. The van der Waals surface area contributed by atoms with Crippen LogP contribution in [0.5, 0.6) is 0 Å². The number of pyridine rings is 1. The molecule has 0 radical (unpaired) electrons. The van der Waals surface area contributed by atoms with Crippen LogP contribution in [-0.4, -0.2) is 17.6 Å². The summed E-state index contributed by atoms with van der Waals surface area (Å²) >= 11 is 3.53. The fraction of sp³-hybridized carbons (Fsp3) is 0.583. The fourth-order valence-electron chi connectivity index (χ4n) is 2.21. The van der Waals surface area contributed by atoms with Gasteiger partial charge in [0, 0.05) is 29.7 Å². The highest BCUT2D eigenvalue weighted by molar-refractivity contribution is 9.08. The molecule has 1 unspecified atom stereocenters. The van der Waals surface area contributed by atoms with Crippen LogP contribution in [0.25, 0.3) is 0 Å². The van der Waals surface area contributed by atoms with Crippen molar-refractivity contribution in [2.24, 2.45) is 0 Å². The Bertz CT molecular complexity index is 327. The van der Waals surface area contributed by atoms with E-state index in [9.17, 15) is 0 Å². The molecule has 0 amide bonds. The minimum absolute atomic E-state index is 0.631. The molecule has 0 aliphatic carbocycles. The lowest BCUT2D eigenvalue weighted by atomic mass is 10.0. The van der Waals surface area contributed by atoms with E-state index in [0.29, 0.717) is 6.04 Å². The van der Waals surface area contributed by atoms with Crippen LogP contribution < -0.4 is 4.90 Å². The lowest BCUT2D eigenvalue weighted by molar-refractivity contribution is 0.480. The Morgan fingerprint density at radius 1 is 1.53 bits per heavy atom. The maximum atomic E-state index is 4.52. The van der Waals surface area contributed by atoms with Crippen molar-refractivity contribution in [1.29, 1.82) is 0 Å². The molecule has 0 saturated carbocycles. The zero-order chi connectivity index (χ0) is 10.7. The molecule has 2 heterocycles. The first-order chi connectivity index (χ1) is 7.33. The van der Waals surface area contributed by atoms with Crippen molar-refractivity contribution in [3.05, 3.63) is 23.9 Å². The highest BCUT2D eigenvalue weighted by atomic mass is 79.9. The summed E-state index contributed by atoms with van der Waals surface area (Å²) in [4.78, 5) is 6.96. The number of nitrogens with zero attached hydrogens (tertiary/aromatic N) is 2. The van der Waals surface area contributed by atoms with Crippen LogP contribution in [-0.2, 0) is 5.33 Å². The van der Waals surface area contributed by atoms with Gasteiger partial charge in [0.1, 0.15) is 5.82 Å². The molecule has 0 bridgehead atoms. The van der Waals surface area contributed by atoms with Gasteiger partial charge in [0.25, 0.3) is 0 Å². The number of halogens is 1. The van der Waals surface area contributed by atoms with Crippen LogP contribution in [0.3, 0.4) is 0 Å². The smallest absolute Gasteiger partial charge is 0.132 e. The highest BCUT2D eigenvalue weighted by Gasteiger charge is 2.21. The van der Waals surface area contributed by atoms with Gasteiger partial charge in [0.05, 0.1) is 0 Å². The molecule has 1 aliphatic rings. The van der Waals surface area contributed by atoms with Crippen molar-refractivity contribution in [3.8, 4) is 0 Å². The topological polar surface area (TPSA) is 16.1 Å². The van der Waals surface area contributed by atoms with Gasteiger partial charge in [-0.25, -0.2) is 4.98 Å². The van der Waals surface area contributed by atoms with Gasteiger partial charge in [-0.15, -0.1) is 0 Å². The van der Waals surface area contributed by atoms with Crippen molar-refractivity contribution in [2.75, 3.05) is 11.4 Å². The van der Waals surface area contributed by atoms with Crippen LogP contribution in [0.2, 0.25) is 0 Å². The van der Waals surface area contributed by atoms with Crippen molar-refractivity contribution in [2.45, 2.75) is 37.6 Å². The number of aromatic nitrogens is 1. The SMILES string of the molecule is CC1CCCCN1c1ncccc1CBr. The van der Waals surface area contributed by atoms with Crippen LogP contribution in [0.4, 0.5) is 5.82 Å². The minimum Gasteiger partial charge on any atom is -0.354 e. The molecule has 1 aromatic rings. The van der Waals surface area contributed by atoms with E-state index in [1.807, 2.05) is 12.3 Å². The second kappa shape index (κ2) is 4.97. The molecule has 1 aromatic heterocycles. The van der Waals surface area contributed by atoms with Gasteiger partial charge >= 0.3 is 0 Å². The van der Waals surface area contributed by atoms with E-state index in [1.54, 1.807) is 0 Å². The maximum Gasteiger partial charge on any atom is 0.132 e. The Balaban J connectivity index is 2.26. The predicted octanol–water partition coefficient (Wildman–Crippen LogP) is 3.36. The molecular weight excluding hydrogens is 252 g/mol. The van der Waals surface area contributed by atoms with Crippen molar-refractivity contribution < 1.29 is 0 Å². The molecule has 1 atom stereocenters. The first-order valence-electron chi connectivity index (χ1n) is 5.59. The first kappa shape index (κ1) is 10.9. The van der Waals surface area contributed by atoms with E-state index < -0.39 is 0 Å². The second-order valence-electron chi connectivity index (χ2n) is 4.16. The maximum absolute atomic E-state index is 4.52. The molecule has 0 spiro atoms. The Kier molecular flexibility index (Phi) is 3.62. The first-order valence-corrected chi connectivity index (χ1v) is 6.71. The summed E-state index contributed by atoms with van der Waals surface area (Å²) in [5.74, 6) is 1.17. The molecular formula is C12H17BrN2. The third-order valence-electron chi connectivity index (χ3n) is 3.09. The summed E-state index contributed by atoms with van der Waals surface area (Å²) in [6, 6.07) is 4.79. The average molecular weight is 269 g/mol. The standard InChI is InChI=1S/C12H17BrN2/c1-10-5-2-3-8-15(10)12-11(9-13)6-4-7-14-12/h4,6-7,10H,2-3,5,8-9H2,1H3. The Labute approximate surface area is 99.8 Å². The molecule has 1 aliphatic heterocycles. The lowest BCUT2D eigenvalue weighted by Crippen LogP contribution is -2.38. The van der Waals surface area contributed by atoms with E-state index in [1.165, 1.54) is 30.6 Å². The molecule has 1 fully saturated rings. The van der Waals surface area contributed by atoms with E-state index in [0.717, 1.165) is 11.9 Å². The lowest BCUT2D eigenvalue weighted by Gasteiger charge is -2.35. The Morgan fingerprint density at radius 3 is 3.13 bits per heavy atom. The quantitative estimate of drug-likeness (QED) is 0.765. The van der Waals surface area contributed by atoms with Crippen LogP contribution >= 0.6 is 15.9 Å². The minimum atomic E-state index is 0.631. The van der Waals surface area contributed by atoms with Gasteiger partial charge in [-0.2, -0.15) is 0 Å². The Morgan fingerprint density at radius 2 is 2.40 bits per heavy atom. The molecule has 82 valence electrons. The van der Waals surface area contributed by atoms with Gasteiger partial charge in [0.15, 0.2) is 0 Å². The number of hydrogen-bond acceptors (Lipinski definition) is 2. The molecule has 15 heavy (non-hydrogen) atoms. The van der Waals surface area contributed by atoms with Crippen LogP contribution in [0, 0.1) is 0 Å². The highest BCUT2D eigenvalue weighted by Crippen LogP contribution is 2.26. The Hall–Kier alpha value is -0.570. The average Bonchev–Trinajstić information content (AvgIpc) is 2.30. The van der Waals surface area contributed by atoms with Gasteiger partial charge < -0.3 is 4.90 Å². The molecule has 0 N–H and O–H groups in total. The molecule has 2 nitrogen and oxygen atoms in total. The van der Waals surface area contributed by atoms with Gasteiger partial charge in [-0.05, 0) is 32.3 Å². The number of rotatable bonds is 2. The fourth-order valence-corrected chi connectivity index (χ4v) is 2.64. The number of hydrogen-bond donors (Lipinski definition) is 0. The van der Waals surface area contributed by atoms with Gasteiger partial charge in [-0.1, -0.05) is 22.0 Å². The van der Waals surface area contributed by atoms with E-state index in [2.05, 4.69) is 38.8 Å². The third kappa shape index (κ3) is 2.33. The monoisotopic (exact) mass is 268 g/mol. The summed E-state index contributed by atoms with van der Waals surface area (Å²) in [7, 11) is 0. The zero-order valence-electron chi connectivity index (χ0n) is 9.12. The van der Waals surface area contributed by atoms with Crippen molar-refractivity contribution >= 4 is 21.7 Å². The number of alkyl halides is 1. The molecule has 1 saturated heterocycles. The normalized spacial score (nSPS) is 21.7. The summed E-state index contributed by atoms with van der Waals surface area (Å²) in [5, 5.41) is 0.888. The van der Waals surface area contributed by atoms with E-state index >= 15 is 0 Å². The predicted molar refractivity (Wildman–Crippen MR) is 67.5 cm³/mol. The largest absolute Gasteiger partial charge is 0.354 e. The van der Waals surface area contributed by atoms with Gasteiger partial charge in [0.2, 0.25) is 0 Å². The van der Waals surface area contributed by atoms with Crippen LogP contribution in [0.1, 0.15) is 31.7 Å². The van der Waals surface area contributed by atoms with Crippen molar-refractivity contribution in [3.63, 3.8) is 0 Å².